The Balaban J connectivity index is 1.89. The van der Waals surface area contributed by atoms with E-state index < -0.39 is 0 Å². The molecule has 0 saturated carbocycles. The van der Waals surface area contributed by atoms with Crippen molar-refractivity contribution in [1.82, 2.24) is 0 Å². The number of rotatable bonds is 4. The first-order chi connectivity index (χ1) is 12.7. The molecule has 140 valence electrons. The van der Waals surface area contributed by atoms with Crippen LogP contribution in [0.25, 0.3) is 0 Å². The molecule has 0 saturated heterocycles. The Morgan fingerprint density at radius 1 is 0.630 bits per heavy atom. The maximum Gasteiger partial charge on any atom is 0.0314 e. The molecule has 4 N–H and O–H groups in total. The number of allylic oxidation sites excluding steroid dienone is 5. The molecular weight excluding hydrogens is 328 g/mol. The van der Waals surface area contributed by atoms with Crippen LogP contribution in [0.4, 0.5) is 5.69 Å². The van der Waals surface area contributed by atoms with Crippen molar-refractivity contribution in [3.8, 4) is 0 Å². The average molecular weight is 359 g/mol. The molecule has 0 aromatic heterocycles. The molecule has 0 bridgehead atoms. The Morgan fingerprint density at radius 3 is 1.67 bits per heavy atom. The topological polar surface area (TPSA) is 52.0 Å². The van der Waals surface area contributed by atoms with Gasteiger partial charge in [0.15, 0.2) is 0 Å². The minimum absolute atomic E-state index is 0.0706. The van der Waals surface area contributed by atoms with Crippen molar-refractivity contribution >= 4 is 5.69 Å². The first-order valence-electron chi connectivity index (χ1n) is 9.52. The van der Waals surface area contributed by atoms with E-state index in [-0.39, 0.29) is 10.8 Å². The third-order valence-electron chi connectivity index (χ3n) is 5.83. The van der Waals surface area contributed by atoms with Gasteiger partial charge < -0.3 is 11.5 Å². The fourth-order valence-electron chi connectivity index (χ4n) is 3.64. The Labute approximate surface area is 163 Å². The zero-order valence-electron chi connectivity index (χ0n) is 16.8. The number of nitrogen functional groups attached to an aromatic ring is 1. The minimum atomic E-state index is -0.0732. The van der Waals surface area contributed by atoms with Crippen LogP contribution in [0.3, 0.4) is 0 Å². The molecular formula is C25H30N2. The van der Waals surface area contributed by atoms with E-state index in [1.54, 1.807) is 0 Å². The summed E-state index contributed by atoms with van der Waals surface area (Å²) in [5.74, 6) is 0. The molecule has 0 atom stereocenters. The number of hydrogen-bond donors (Lipinski definition) is 2. The van der Waals surface area contributed by atoms with Gasteiger partial charge in [0.05, 0.1) is 0 Å². The van der Waals surface area contributed by atoms with E-state index in [1.807, 2.05) is 18.2 Å². The van der Waals surface area contributed by atoms with Crippen molar-refractivity contribution < 1.29 is 0 Å². The van der Waals surface area contributed by atoms with Crippen molar-refractivity contribution in [2.45, 2.75) is 44.9 Å². The van der Waals surface area contributed by atoms with Gasteiger partial charge in [0, 0.05) is 22.2 Å². The molecule has 0 heterocycles. The van der Waals surface area contributed by atoms with Crippen LogP contribution in [0, 0.1) is 0 Å². The molecule has 0 amide bonds. The van der Waals surface area contributed by atoms with E-state index in [4.69, 9.17) is 11.5 Å². The van der Waals surface area contributed by atoms with Gasteiger partial charge in [-0.1, -0.05) is 82.3 Å². The molecule has 3 rings (SSSR count). The van der Waals surface area contributed by atoms with Crippen LogP contribution in [0.15, 0.2) is 84.1 Å². The molecule has 0 fully saturated rings. The SMILES string of the molecule is CC(C)(C1=CCC=C(N)C=C1)c1ccc(C(C)(C)c2ccc(N)cc2)cc1. The highest BCUT2D eigenvalue weighted by atomic mass is 14.6. The molecule has 0 radical (unpaired) electrons. The first-order valence-corrected chi connectivity index (χ1v) is 9.52. The summed E-state index contributed by atoms with van der Waals surface area (Å²) in [6.07, 6.45) is 9.34. The number of anilines is 1. The van der Waals surface area contributed by atoms with E-state index in [0.29, 0.717) is 0 Å². The van der Waals surface area contributed by atoms with E-state index in [2.05, 4.69) is 82.3 Å². The predicted octanol–water partition coefficient (Wildman–Crippen LogP) is 5.60. The summed E-state index contributed by atoms with van der Waals surface area (Å²) in [6.45, 7) is 9.04. The second kappa shape index (κ2) is 7.11. The lowest BCUT2D eigenvalue weighted by Gasteiger charge is -2.30. The maximum absolute atomic E-state index is 5.94. The summed E-state index contributed by atoms with van der Waals surface area (Å²) in [7, 11) is 0. The van der Waals surface area contributed by atoms with Crippen LogP contribution >= 0.6 is 0 Å². The fraction of sp³-hybridized carbons (Fsp3) is 0.280. The lowest BCUT2D eigenvalue weighted by atomic mass is 9.74. The van der Waals surface area contributed by atoms with Crippen LogP contribution in [0.5, 0.6) is 0 Å². The standard InChI is InChI=1S/C25H30N2/c1-24(2,18-6-5-7-22(26)15-12-18)19-8-10-20(11-9-19)25(3,4)21-13-16-23(27)17-14-21/h6-17H,5,26-27H2,1-4H3. The summed E-state index contributed by atoms with van der Waals surface area (Å²) >= 11 is 0. The van der Waals surface area contributed by atoms with Gasteiger partial charge in [0.25, 0.3) is 0 Å². The summed E-state index contributed by atoms with van der Waals surface area (Å²) in [4.78, 5) is 0. The molecule has 0 spiro atoms. The number of nitrogens with two attached hydrogens (primary N) is 2. The van der Waals surface area contributed by atoms with E-state index >= 15 is 0 Å². The van der Waals surface area contributed by atoms with Crippen molar-refractivity contribution in [3.05, 3.63) is 101 Å². The zero-order chi connectivity index (χ0) is 19.7. The molecule has 0 unspecified atom stereocenters. The van der Waals surface area contributed by atoms with Gasteiger partial charge in [0.2, 0.25) is 0 Å². The Kier molecular flexibility index (Phi) is 5.01. The second-order valence-electron chi connectivity index (χ2n) is 8.38. The normalized spacial score (nSPS) is 15.1. The van der Waals surface area contributed by atoms with Crippen LogP contribution in [0.2, 0.25) is 0 Å². The van der Waals surface area contributed by atoms with Crippen LogP contribution in [-0.2, 0) is 10.8 Å². The summed E-state index contributed by atoms with van der Waals surface area (Å²) in [5.41, 5.74) is 18.4. The Hall–Kier alpha value is -2.74. The molecule has 1 aliphatic carbocycles. The third-order valence-corrected chi connectivity index (χ3v) is 5.83. The Morgan fingerprint density at radius 2 is 1.11 bits per heavy atom. The molecule has 2 aromatic carbocycles. The van der Waals surface area contributed by atoms with Crippen molar-refractivity contribution in [2.75, 3.05) is 5.73 Å². The fourth-order valence-corrected chi connectivity index (χ4v) is 3.64. The van der Waals surface area contributed by atoms with Crippen molar-refractivity contribution in [2.24, 2.45) is 5.73 Å². The van der Waals surface area contributed by atoms with Gasteiger partial charge in [-0.25, -0.2) is 0 Å². The highest BCUT2D eigenvalue weighted by molar-refractivity contribution is 5.48. The van der Waals surface area contributed by atoms with Gasteiger partial charge in [-0.15, -0.1) is 0 Å². The van der Waals surface area contributed by atoms with Crippen molar-refractivity contribution in [1.29, 1.82) is 0 Å². The highest BCUT2D eigenvalue weighted by Crippen LogP contribution is 2.36. The maximum atomic E-state index is 5.94. The lowest BCUT2D eigenvalue weighted by molar-refractivity contribution is 0.624. The molecule has 0 aliphatic heterocycles. The largest absolute Gasteiger partial charge is 0.399 e. The second-order valence-corrected chi connectivity index (χ2v) is 8.38. The smallest absolute Gasteiger partial charge is 0.0314 e. The first kappa shape index (κ1) is 19.0. The summed E-state index contributed by atoms with van der Waals surface area (Å²) in [5, 5.41) is 0. The quantitative estimate of drug-likeness (QED) is 0.699. The average Bonchev–Trinajstić information content (AvgIpc) is 2.87. The van der Waals surface area contributed by atoms with E-state index in [9.17, 15) is 0 Å². The van der Waals surface area contributed by atoms with Crippen LogP contribution < -0.4 is 11.5 Å². The van der Waals surface area contributed by atoms with Gasteiger partial charge in [0.1, 0.15) is 0 Å². The van der Waals surface area contributed by atoms with Crippen LogP contribution in [-0.4, -0.2) is 0 Å². The molecule has 1 aliphatic rings. The minimum Gasteiger partial charge on any atom is -0.399 e. The van der Waals surface area contributed by atoms with Gasteiger partial charge in [-0.2, -0.15) is 0 Å². The summed E-state index contributed by atoms with van der Waals surface area (Å²) in [6, 6.07) is 17.2. The number of benzene rings is 2. The van der Waals surface area contributed by atoms with Gasteiger partial charge in [-0.3, -0.25) is 0 Å². The third kappa shape index (κ3) is 3.85. The zero-order valence-corrected chi connectivity index (χ0v) is 16.8. The monoisotopic (exact) mass is 358 g/mol. The van der Waals surface area contributed by atoms with Crippen LogP contribution in [0.1, 0.15) is 50.8 Å². The van der Waals surface area contributed by atoms with E-state index in [0.717, 1.165) is 17.8 Å². The van der Waals surface area contributed by atoms with Crippen molar-refractivity contribution in [3.63, 3.8) is 0 Å². The molecule has 2 heteroatoms. The highest BCUT2D eigenvalue weighted by Gasteiger charge is 2.27. The van der Waals surface area contributed by atoms with E-state index in [1.165, 1.54) is 22.3 Å². The Bertz CT molecular complexity index is 892. The predicted molar refractivity (Wildman–Crippen MR) is 117 cm³/mol. The lowest BCUT2D eigenvalue weighted by Crippen LogP contribution is -2.22. The number of hydrogen-bond acceptors (Lipinski definition) is 2. The molecule has 2 aromatic rings. The molecule has 27 heavy (non-hydrogen) atoms. The summed E-state index contributed by atoms with van der Waals surface area (Å²) < 4.78 is 0. The van der Waals surface area contributed by atoms with Gasteiger partial charge in [-0.05, 0) is 46.9 Å². The molecule has 2 nitrogen and oxygen atoms in total. The van der Waals surface area contributed by atoms with Gasteiger partial charge >= 0.3 is 0 Å².